The molecule has 2 aromatic rings. The van der Waals surface area contributed by atoms with E-state index in [-0.39, 0.29) is 24.2 Å². The van der Waals surface area contributed by atoms with Crippen LogP contribution < -0.4 is 9.64 Å². The van der Waals surface area contributed by atoms with Crippen LogP contribution in [0.5, 0.6) is 5.75 Å². The summed E-state index contributed by atoms with van der Waals surface area (Å²) in [4.78, 5) is 23.2. The van der Waals surface area contributed by atoms with Crippen LogP contribution in [-0.2, 0) is 11.0 Å². The molecule has 6 nitrogen and oxygen atoms in total. The van der Waals surface area contributed by atoms with E-state index in [9.17, 15) is 18.0 Å². The number of anilines is 1. The molecule has 1 saturated heterocycles. The highest BCUT2D eigenvalue weighted by Gasteiger charge is 2.34. The number of piperazine rings is 1. The molecule has 1 amide bonds. The van der Waals surface area contributed by atoms with Gasteiger partial charge < -0.3 is 14.5 Å². The lowest BCUT2D eigenvalue weighted by molar-refractivity contribution is -0.141. The first-order valence-corrected chi connectivity index (χ1v) is 9.42. The van der Waals surface area contributed by atoms with Crippen molar-refractivity contribution in [1.82, 2.24) is 14.9 Å². The third-order valence-corrected chi connectivity index (χ3v) is 4.85. The summed E-state index contributed by atoms with van der Waals surface area (Å²) in [5.74, 6) is 0.340. The van der Waals surface area contributed by atoms with Crippen LogP contribution in [0.2, 0.25) is 10.0 Å². The Balaban J connectivity index is 1.57. The molecule has 0 atom stereocenters. The molecule has 156 valence electrons. The van der Waals surface area contributed by atoms with Gasteiger partial charge in [0, 0.05) is 37.3 Å². The molecule has 2 heterocycles. The molecule has 0 saturated carbocycles. The Labute approximate surface area is 175 Å². The maximum absolute atomic E-state index is 13.0. The van der Waals surface area contributed by atoms with E-state index in [1.54, 1.807) is 21.9 Å². The third kappa shape index (κ3) is 5.42. The number of carbonyl (C=O) groups is 1. The number of aromatic nitrogens is 2. The smallest absolute Gasteiger partial charge is 0.433 e. The Kier molecular flexibility index (Phi) is 6.38. The number of nitrogens with zero attached hydrogens (tertiary/aromatic N) is 4. The number of benzene rings is 1. The summed E-state index contributed by atoms with van der Waals surface area (Å²) < 4.78 is 44.3. The molecule has 0 unspecified atom stereocenters. The van der Waals surface area contributed by atoms with Gasteiger partial charge >= 0.3 is 6.18 Å². The normalized spacial score (nSPS) is 14.8. The van der Waals surface area contributed by atoms with E-state index in [0.29, 0.717) is 42.0 Å². The first kappa shape index (κ1) is 21.4. The van der Waals surface area contributed by atoms with E-state index in [0.717, 1.165) is 6.07 Å². The van der Waals surface area contributed by atoms with Crippen molar-refractivity contribution < 1.29 is 22.7 Å². The van der Waals surface area contributed by atoms with Crippen molar-refractivity contribution in [3.63, 3.8) is 0 Å². The Morgan fingerprint density at radius 2 is 1.83 bits per heavy atom. The van der Waals surface area contributed by atoms with E-state index in [4.69, 9.17) is 27.9 Å². The standard InChI is InChI=1S/C18H17Cl2F3N4O2/c1-11-24-15(18(21,22)23)9-16(25-11)26-4-6-27(7-5-26)17(28)10-29-14-3-2-12(19)8-13(14)20/h2-3,8-9H,4-7,10H2,1H3. The van der Waals surface area contributed by atoms with Crippen LogP contribution in [-0.4, -0.2) is 53.6 Å². The molecule has 1 aliphatic rings. The first-order chi connectivity index (χ1) is 13.6. The lowest BCUT2D eigenvalue weighted by atomic mass is 10.3. The second-order valence-electron chi connectivity index (χ2n) is 6.39. The Morgan fingerprint density at radius 3 is 2.45 bits per heavy atom. The monoisotopic (exact) mass is 448 g/mol. The van der Waals surface area contributed by atoms with Crippen LogP contribution >= 0.6 is 23.2 Å². The molecule has 1 aromatic heterocycles. The predicted molar refractivity (Wildman–Crippen MR) is 103 cm³/mol. The van der Waals surface area contributed by atoms with Gasteiger partial charge in [-0.2, -0.15) is 13.2 Å². The highest BCUT2D eigenvalue weighted by molar-refractivity contribution is 6.35. The number of rotatable bonds is 4. The molecule has 1 aliphatic heterocycles. The Hall–Kier alpha value is -2.26. The van der Waals surface area contributed by atoms with Crippen molar-refractivity contribution in [1.29, 1.82) is 0 Å². The summed E-state index contributed by atoms with van der Waals surface area (Å²) in [6.07, 6.45) is -4.54. The molecule has 0 N–H and O–H groups in total. The van der Waals surface area contributed by atoms with Gasteiger partial charge in [-0.15, -0.1) is 0 Å². The van der Waals surface area contributed by atoms with Gasteiger partial charge in [-0.05, 0) is 25.1 Å². The van der Waals surface area contributed by atoms with Crippen molar-refractivity contribution in [3.8, 4) is 5.75 Å². The summed E-state index contributed by atoms with van der Waals surface area (Å²) >= 11 is 11.8. The van der Waals surface area contributed by atoms with E-state index in [2.05, 4.69) is 9.97 Å². The zero-order valence-electron chi connectivity index (χ0n) is 15.3. The van der Waals surface area contributed by atoms with Gasteiger partial charge in [-0.1, -0.05) is 23.2 Å². The number of aryl methyl sites for hydroxylation is 1. The molecule has 0 spiro atoms. The zero-order chi connectivity index (χ0) is 21.2. The molecule has 0 radical (unpaired) electrons. The summed E-state index contributed by atoms with van der Waals surface area (Å²) in [6, 6.07) is 5.62. The number of carbonyl (C=O) groups excluding carboxylic acids is 1. The van der Waals surface area contributed by atoms with Crippen LogP contribution in [0.4, 0.5) is 19.0 Å². The van der Waals surface area contributed by atoms with Gasteiger partial charge in [-0.25, -0.2) is 9.97 Å². The van der Waals surface area contributed by atoms with Crippen molar-refractivity contribution in [2.45, 2.75) is 13.1 Å². The summed E-state index contributed by atoms with van der Waals surface area (Å²) in [5, 5.41) is 0.758. The van der Waals surface area contributed by atoms with E-state index in [1.165, 1.54) is 13.0 Å². The van der Waals surface area contributed by atoms with Crippen molar-refractivity contribution in [3.05, 3.63) is 45.8 Å². The molecule has 1 aromatic carbocycles. The van der Waals surface area contributed by atoms with Crippen LogP contribution in [0, 0.1) is 6.92 Å². The number of ether oxygens (including phenoxy) is 1. The average Bonchev–Trinajstić information content (AvgIpc) is 2.66. The van der Waals surface area contributed by atoms with Gasteiger partial charge in [0.1, 0.15) is 23.1 Å². The highest BCUT2D eigenvalue weighted by Crippen LogP contribution is 2.30. The topological polar surface area (TPSA) is 58.6 Å². The molecule has 0 aliphatic carbocycles. The molecule has 3 rings (SSSR count). The van der Waals surface area contributed by atoms with Gasteiger partial charge in [0.25, 0.3) is 5.91 Å². The third-order valence-electron chi connectivity index (χ3n) is 4.32. The van der Waals surface area contributed by atoms with Crippen LogP contribution in [0.15, 0.2) is 24.3 Å². The van der Waals surface area contributed by atoms with Crippen LogP contribution in [0.3, 0.4) is 0 Å². The van der Waals surface area contributed by atoms with Crippen LogP contribution in [0.1, 0.15) is 11.5 Å². The number of alkyl halides is 3. The molecule has 0 bridgehead atoms. The van der Waals surface area contributed by atoms with Gasteiger partial charge in [0.15, 0.2) is 6.61 Å². The molecule has 11 heteroatoms. The predicted octanol–water partition coefficient (Wildman–Crippen LogP) is 3.84. The summed E-state index contributed by atoms with van der Waals surface area (Å²) in [7, 11) is 0. The largest absolute Gasteiger partial charge is 0.482 e. The fraction of sp³-hybridized carbons (Fsp3) is 0.389. The fourth-order valence-electron chi connectivity index (χ4n) is 2.87. The summed E-state index contributed by atoms with van der Waals surface area (Å²) in [5.41, 5.74) is -0.980. The Morgan fingerprint density at radius 1 is 1.14 bits per heavy atom. The summed E-state index contributed by atoms with van der Waals surface area (Å²) in [6.45, 7) is 2.58. The molecule has 29 heavy (non-hydrogen) atoms. The first-order valence-electron chi connectivity index (χ1n) is 8.67. The Bertz CT molecular complexity index is 903. The average molecular weight is 449 g/mol. The minimum Gasteiger partial charge on any atom is -0.482 e. The number of halogens is 5. The number of amides is 1. The van der Waals surface area contributed by atoms with Crippen LogP contribution in [0.25, 0.3) is 0 Å². The van der Waals surface area contributed by atoms with Gasteiger partial charge in [0.2, 0.25) is 0 Å². The van der Waals surface area contributed by atoms with E-state index < -0.39 is 11.9 Å². The number of hydrogen-bond acceptors (Lipinski definition) is 5. The molecule has 1 fully saturated rings. The number of hydrogen-bond donors (Lipinski definition) is 0. The van der Waals surface area contributed by atoms with Crippen molar-refractivity contribution >= 4 is 34.9 Å². The maximum atomic E-state index is 13.0. The van der Waals surface area contributed by atoms with E-state index in [1.807, 2.05) is 0 Å². The second kappa shape index (κ2) is 8.62. The SMILES string of the molecule is Cc1nc(N2CCN(C(=O)COc3ccc(Cl)cc3Cl)CC2)cc(C(F)(F)F)n1. The van der Waals surface area contributed by atoms with Gasteiger partial charge in [-0.3, -0.25) is 4.79 Å². The second-order valence-corrected chi connectivity index (χ2v) is 7.23. The van der Waals surface area contributed by atoms with Crippen molar-refractivity contribution in [2.75, 3.05) is 37.7 Å². The lowest BCUT2D eigenvalue weighted by Crippen LogP contribution is -2.50. The minimum absolute atomic E-state index is 0.0431. The van der Waals surface area contributed by atoms with Gasteiger partial charge in [0.05, 0.1) is 5.02 Å². The quantitative estimate of drug-likeness (QED) is 0.710. The fourth-order valence-corrected chi connectivity index (χ4v) is 3.33. The minimum atomic E-state index is -4.54. The highest BCUT2D eigenvalue weighted by atomic mass is 35.5. The molecular weight excluding hydrogens is 432 g/mol. The maximum Gasteiger partial charge on any atom is 0.433 e. The molecular formula is C18H17Cl2F3N4O2. The van der Waals surface area contributed by atoms with E-state index >= 15 is 0 Å². The zero-order valence-corrected chi connectivity index (χ0v) is 16.9. The van der Waals surface area contributed by atoms with Crippen molar-refractivity contribution in [2.24, 2.45) is 0 Å². The lowest BCUT2D eigenvalue weighted by Gasteiger charge is -2.35.